The number of unbranched alkanes of at least 4 members (excludes halogenated alkanes) is 1. The Labute approximate surface area is 260 Å². The molecule has 0 aliphatic carbocycles. The molecule has 18 heteroatoms. The summed E-state index contributed by atoms with van der Waals surface area (Å²) in [5.74, 6) is -7.97. The molecule has 5 atom stereocenters. The minimum atomic E-state index is -1.65. The van der Waals surface area contributed by atoms with E-state index >= 15 is 0 Å². The molecule has 0 aromatic heterocycles. The van der Waals surface area contributed by atoms with Crippen LogP contribution in [0.15, 0.2) is 0 Å². The fourth-order valence-electron chi connectivity index (χ4n) is 4.76. The van der Waals surface area contributed by atoms with Crippen molar-refractivity contribution < 1.29 is 48.6 Å². The quantitative estimate of drug-likeness (QED) is 0.0584. The van der Waals surface area contributed by atoms with Crippen LogP contribution in [-0.2, 0) is 38.4 Å². The number of carboxylic acid groups (broad SMARTS) is 2. The maximum Gasteiger partial charge on any atom is 0.326 e. The number of hydrogen-bond acceptors (Lipinski definition) is 10. The van der Waals surface area contributed by atoms with Gasteiger partial charge in [0.25, 0.3) is 0 Å². The Kier molecular flexibility index (Phi) is 16.5. The van der Waals surface area contributed by atoms with Crippen LogP contribution in [0.3, 0.4) is 0 Å². The molecular formula is C27H46N8O10. The van der Waals surface area contributed by atoms with Crippen LogP contribution in [0.2, 0.25) is 0 Å². The standard InChI is InChI=1S/C27H46N8O10/c1-14(2)22(25(42)32-16(27(44)45)6-3-4-10-28)34-24(41)18-7-5-11-35(18)26(43)17(12-21(38)39)33-23(40)15(8-9-19(30)36)31-20(37)13-29/h14-18,22H,3-13,28-29H2,1-2H3,(H2,30,36)(H,31,37)(H,32,42)(H,33,40)(H,34,41)(H,38,39)(H,44,45)/t15-,16-,17-,18-,22-/m0/s1. The largest absolute Gasteiger partial charge is 0.481 e. The number of carbonyl (C=O) groups is 8. The van der Waals surface area contributed by atoms with Gasteiger partial charge in [-0.1, -0.05) is 13.8 Å². The van der Waals surface area contributed by atoms with Gasteiger partial charge in [0.2, 0.25) is 35.4 Å². The van der Waals surface area contributed by atoms with Crippen molar-refractivity contribution in [3.8, 4) is 0 Å². The van der Waals surface area contributed by atoms with Crippen LogP contribution in [0.5, 0.6) is 0 Å². The van der Waals surface area contributed by atoms with E-state index in [-0.39, 0.29) is 32.2 Å². The summed E-state index contributed by atoms with van der Waals surface area (Å²) in [6.07, 6.45) is 0.275. The summed E-state index contributed by atoms with van der Waals surface area (Å²) in [5.41, 5.74) is 15.9. The Balaban J connectivity index is 3.11. The second-order valence-electron chi connectivity index (χ2n) is 11.1. The third-order valence-electron chi connectivity index (χ3n) is 7.16. The van der Waals surface area contributed by atoms with Crippen molar-refractivity contribution in [3.05, 3.63) is 0 Å². The molecular weight excluding hydrogens is 596 g/mol. The first-order valence-corrected chi connectivity index (χ1v) is 14.8. The summed E-state index contributed by atoms with van der Waals surface area (Å²) in [6.45, 7) is 3.20. The van der Waals surface area contributed by atoms with Crippen molar-refractivity contribution in [2.75, 3.05) is 19.6 Å². The lowest BCUT2D eigenvalue weighted by Crippen LogP contribution is -2.59. The zero-order valence-electron chi connectivity index (χ0n) is 25.6. The lowest BCUT2D eigenvalue weighted by molar-refractivity contribution is -0.146. The van der Waals surface area contributed by atoms with Gasteiger partial charge in [0, 0.05) is 13.0 Å². The van der Waals surface area contributed by atoms with Gasteiger partial charge < -0.3 is 53.6 Å². The fraction of sp³-hybridized carbons (Fsp3) is 0.704. The van der Waals surface area contributed by atoms with E-state index in [2.05, 4.69) is 21.3 Å². The SMILES string of the molecule is CC(C)[C@H](NC(=O)[C@@H]1CCCN1C(=O)[C@H](CC(=O)O)NC(=O)[C@H](CCC(N)=O)NC(=O)CN)C(=O)N[C@@H](CCCCN)C(=O)O. The third-order valence-corrected chi connectivity index (χ3v) is 7.16. The molecule has 0 spiro atoms. The van der Waals surface area contributed by atoms with E-state index in [4.69, 9.17) is 17.2 Å². The molecule has 1 aliphatic heterocycles. The van der Waals surface area contributed by atoms with Crippen LogP contribution in [0.25, 0.3) is 0 Å². The molecule has 1 aliphatic rings. The molecule has 0 bridgehead atoms. The van der Waals surface area contributed by atoms with Crippen molar-refractivity contribution in [1.29, 1.82) is 0 Å². The van der Waals surface area contributed by atoms with E-state index < -0.39 is 96.5 Å². The number of carbonyl (C=O) groups excluding carboxylic acids is 6. The monoisotopic (exact) mass is 642 g/mol. The number of nitrogens with two attached hydrogens (primary N) is 3. The summed E-state index contributed by atoms with van der Waals surface area (Å²) in [4.78, 5) is 100. The van der Waals surface area contributed by atoms with Crippen LogP contribution in [0.4, 0.5) is 0 Å². The molecule has 0 aromatic rings. The van der Waals surface area contributed by atoms with Gasteiger partial charge in [-0.15, -0.1) is 0 Å². The summed E-state index contributed by atoms with van der Waals surface area (Å²) in [5, 5.41) is 28.6. The van der Waals surface area contributed by atoms with Gasteiger partial charge >= 0.3 is 11.9 Å². The molecule has 18 nitrogen and oxygen atoms in total. The molecule has 45 heavy (non-hydrogen) atoms. The minimum Gasteiger partial charge on any atom is -0.481 e. The van der Waals surface area contributed by atoms with Gasteiger partial charge in [0.15, 0.2) is 0 Å². The molecule has 0 unspecified atom stereocenters. The normalized spacial score (nSPS) is 17.0. The molecule has 0 aromatic carbocycles. The van der Waals surface area contributed by atoms with E-state index in [0.29, 0.717) is 25.8 Å². The van der Waals surface area contributed by atoms with Crippen LogP contribution in [0, 0.1) is 5.92 Å². The highest BCUT2D eigenvalue weighted by atomic mass is 16.4. The number of hydrogen-bond donors (Lipinski definition) is 9. The van der Waals surface area contributed by atoms with E-state index in [9.17, 15) is 48.6 Å². The number of nitrogens with zero attached hydrogens (tertiary/aromatic N) is 1. The topological polar surface area (TPSA) is 306 Å². The van der Waals surface area contributed by atoms with E-state index in [1.165, 1.54) is 0 Å². The highest BCUT2D eigenvalue weighted by Gasteiger charge is 2.40. The molecule has 0 saturated carbocycles. The lowest BCUT2D eigenvalue weighted by atomic mass is 10.0. The van der Waals surface area contributed by atoms with Crippen molar-refractivity contribution in [3.63, 3.8) is 0 Å². The number of amides is 6. The predicted molar refractivity (Wildman–Crippen MR) is 158 cm³/mol. The predicted octanol–water partition coefficient (Wildman–Crippen LogP) is -3.51. The summed E-state index contributed by atoms with van der Waals surface area (Å²) in [6, 6.07) is -6.48. The van der Waals surface area contributed by atoms with Gasteiger partial charge in [0.05, 0.1) is 13.0 Å². The van der Waals surface area contributed by atoms with Gasteiger partial charge in [-0.2, -0.15) is 0 Å². The van der Waals surface area contributed by atoms with Gasteiger partial charge in [0.1, 0.15) is 30.2 Å². The highest BCUT2D eigenvalue weighted by Crippen LogP contribution is 2.20. The first-order chi connectivity index (χ1) is 21.1. The first-order valence-electron chi connectivity index (χ1n) is 14.8. The highest BCUT2D eigenvalue weighted by molar-refractivity contribution is 5.97. The summed E-state index contributed by atoms with van der Waals surface area (Å²) < 4.78 is 0. The Morgan fingerprint density at radius 3 is 2.02 bits per heavy atom. The average Bonchev–Trinajstić information content (AvgIpc) is 3.46. The van der Waals surface area contributed by atoms with Gasteiger partial charge in [-0.25, -0.2) is 4.79 Å². The van der Waals surface area contributed by atoms with Gasteiger partial charge in [-0.05, 0) is 51.0 Å². The average molecular weight is 643 g/mol. The zero-order valence-corrected chi connectivity index (χ0v) is 25.6. The van der Waals surface area contributed by atoms with Crippen molar-refractivity contribution in [2.24, 2.45) is 23.1 Å². The Hall–Kier alpha value is -4.32. The summed E-state index contributed by atoms with van der Waals surface area (Å²) in [7, 11) is 0. The minimum absolute atomic E-state index is 0.0404. The molecule has 1 saturated heterocycles. The smallest absolute Gasteiger partial charge is 0.326 e. The van der Waals surface area contributed by atoms with Crippen molar-refractivity contribution in [2.45, 2.75) is 95.4 Å². The maximum atomic E-state index is 13.5. The number of aliphatic carboxylic acids is 2. The second-order valence-corrected chi connectivity index (χ2v) is 11.1. The molecule has 1 fully saturated rings. The number of primary amides is 1. The second kappa shape index (κ2) is 19.1. The van der Waals surface area contributed by atoms with Crippen LogP contribution in [-0.4, -0.2) is 112 Å². The third kappa shape index (κ3) is 13.1. The molecule has 6 amide bonds. The van der Waals surface area contributed by atoms with E-state index in [1.54, 1.807) is 13.8 Å². The van der Waals surface area contributed by atoms with Crippen molar-refractivity contribution in [1.82, 2.24) is 26.2 Å². The number of likely N-dealkylation sites (tertiary alicyclic amines) is 1. The molecule has 254 valence electrons. The van der Waals surface area contributed by atoms with Crippen LogP contribution >= 0.6 is 0 Å². The molecule has 0 radical (unpaired) electrons. The summed E-state index contributed by atoms with van der Waals surface area (Å²) >= 11 is 0. The number of rotatable bonds is 20. The Bertz CT molecular complexity index is 1100. The molecule has 12 N–H and O–H groups in total. The van der Waals surface area contributed by atoms with Crippen molar-refractivity contribution >= 4 is 47.4 Å². The Morgan fingerprint density at radius 1 is 0.844 bits per heavy atom. The van der Waals surface area contributed by atoms with E-state index in [1.807, 2.05) is 0 Å². The van der Waals surface area contributed by atoms with E-state index in [0.717, 1.165) is 4.90 Å². The lowest BCUT2D eigenvalue weighted by Gasteiger charge is -2.31. The zero-order chi connectivity index (χ0) is 34.3. The Morgan fingerprint density at radius 2 is 1.49 bits per heavy atom. The maximum absolute atomic E-state index is 13.5. The van der Waals surface area contributed by atoms with Gasteiger partial charge in [-0.3, -0.25) is 33.6 Å². The number of nitrogens with one attached hydrogen (secondary N) is 4. The molecule has 1 heterocycles. The van der Waals surface area contributed by atoms with Crippen LogP contribution in [0.1, 0.15) is 65.2 Å². The molecule has 1 rings (SSSR count). The fourth-order valence-corrected chi connectivity index (χ4v) is 4.76. The first kappa shape index (κ1) is 38.7. The van der Waals surface area contributed by atoms with Crippen LogP contribution < -0.4 is 38.5 Å². The number of carboxylic acids is 2.